The van der Waals surface area contributed by atoms with Gasteiger partial charge in [0, 0.05) is 10.4 Å². The maximum Gasteiger partial charge on any atom is 0.161 e. The summed E-state index contributed by atoms with van der Waals surface area (Å²) in [7, 11) is 3.31. The van der Waals surface area contributed by atoms with Crippen molar-refractivity contribution in [2.45, 2.75) is 12.3 Å². The largest absolute Gasteiger partial charge is 0.493 e. The van der Waals surface area contributed by atoms with E-state index >= 15 is 0 Å². The first kappa shape index (κ1) is 12.2. The molecule has 0 aromatic heterocycles. The summed E-state index contributed by atoms with van der Waals surface area (Å²) in [5, 5.41) is 0. The normalized spacial score (nSPS) is 18.8. The highest BCUT2D eigenvalue weighted by molar-refractivity contribution is 9.11. The molecule has 17 heavy (non-hydrogen) atoms. The minimum Gasteiger partial charge on any atom is -0.493 e. The number of allylic oxidation sites excluding steroid dienone is 4. The van der Waals surface area contributed by atoms with Crippen LogP contribution in [0.1, 0.15) is 17.9 Å². The molecule has 0 saturated carbocycles. The fourth-order valence-electron chi connectivity index (χ4n) is 1.97. The van der Waals surface area contributed by atoms with Gasteiger partial charge in [-0.25, -0.2) is 0 Å². The van der Waals surface area contributed by atoms with Gasteiger partial charge in [0.05, 0.1) is 14.2 Å². The molecule has 3 heteroatoms. The van der Waals surface area contributed by atoms with Crippen molar-refractivity contribution in [3.63, 3.8) is 0 Å². The Balaban J connectivity index is 2.34. The van der Waals surface area contributed by atoms with E-state index in [1.165, 1.54) is 10.0 Å². The fourth-order valence-corrected chi connectivity index (χ4v) is 2.57. The predicted molar refractivity (Wildman–Crippen MR) is 73.1 cm³/mol. The van der Waals surface area contributed by atoms with Crippen LogP contribution in [-0.4, -0.2) is 14.2 Å². The SMILES string of the molecule is COc1ccc(C2CC=CC=C2Br)cc1OC. The van der Waals surface area contributed by atoms with Gasteiger partial charge in [0.15, 0.2) is 11.5 Å². The van der Waals surface area contributed by atoms with Gasteiger partial charge in [0.2, 0.25) is 0 Å². The molecule has 1 aliphatic rings. The van der Waals surface area contributed by atoms with Crippen molar-refractivity contribution in [2.24, 2.45) is 0 Å². The van der Waals surface area contributed by atoms with E-state index in [1.54, 1.807) is 14.2 Å². The van der Waals surface area contributed by atoms with Crippen LogP contribution in [0.15, 0.2) is 40.9 Å². The molecule has 0 radical (unpaired) electrons. The molecule has 0 heterocycles. The molecule has 1 aromatic rings. The molecule has 2 rings (SSSR count). The minimum absolute atomic E-state index is 0.375. The van der Waals surface area contributed by atoms with Crippen LogP contribution < -0.4 is 9.47 Å². The van der Waals surface area contributed by atoms with Crippen LogP contribution in [-0.2, 0) is 0 Å². The lowest BCUT2D eigenvalue weighted by Gasteiger charge is -2.19. The molecule has 1 unspecified atom stereocenters. The van der Waals surface area contributed by atoms with Gasteiger partial charge in [-0.1, -0.05) is 40.2 Å². The van der Waals surface area contributed by atoms with Gasteiger partial charge in [-0.2, -0.15) is 0 Å². The number of methoxy groups -OCH3 is 2. The number of benzene rings is 1. The summed E-state index contributed by atoms with van der Waals surface area (Å²) in [6.07, 6.45) is 7.34. The van der Waals surface area contributed by atoms with Crippen molar-refractivity contribution in [3.05, 3.63) is 46.5 Å². The first-order valence-electron chi connectivity index (χ1n) is 5.50. The molecule has 0 saturated heterocycles. The zero-order valence-corrected chi connectivity index (χ0v) is 11.5. The fraction of sp³-hybridized carbons (Fsp3) is 0.286. The molecule has 1 atom stereocenters. The summed E-state index contributed by atoms with van der Waals surface area (Å²) in [4.78, 5) is 0. The smallest absolute Gasteiger partial charge is 0.161 e. The van der Waals surface area contributed by atoms with Crippen molar-refractivity contribution in [3.8, 4) is 11.5 Å². The number of halogens is 1. The molecule has 0 aliphatic heterocycles. The molecule has 0 fully saturated rings. The van der Waals surface area contributed by atoms with E-state index in [-0.39, 0.29) is 0 Å². The van der Waals surface area contributed by atoms with E-state index in [0.717, 1.165) is 17.9 Å². The number of ether oxygens (including phenoxy) is 2. The molecule has 0 amide bonds. The van der Waals surface area contributed by atoms with Gasteiger partial charge in [-0.3, -0.25) is 0 Å². The van der Waals surface area contributed by atoms with Crippen LogP contribution in [0, 0.1) is 0 Å². The van der Waals surface area contributed by atoms with Crippen molar-refractivity contribution in [2.75, 3.05) is 14.2 Å². The zero-order chi connectivity index (χ0) is 12.3. The summed E-state index contributed by atoms with van der Waals surface area (Å²) >= 11 is 3.61. The standard InChI is InChI=1S/C14H15BrO2/c1-16-13-8-7-10(9-14(13)17-2)11-5-3-4-6-12(11)15/h3-4,6-9,11H,5H2,1-2H3. The van der Waals surface area contributed by atoms with Gasteiger partial charge in [0.25, 0.3) is 0 Å². The summed E-state index contributed by atoms with van der Waals surface area (Å²) in [5.41, 5.74) is 1.23. The van der Waals surface area contributed by atoms with Gasteiger partial charge in [0.1, 0.15) is 0 Å². The van der Waals surface area contributed by atoms with Crippen LogP contribution in [0.25, 0.3) is 0 Å². The number of rotatable bonds is 3. The topological polar surface area (TPSA) is 18.5 Å². The van der Waals surface area contributed by atoms with Crippen LogP contribution in [0.3, 0.4) is 0 Å². The van der Waals surface area contributed by atoms with Crippen molar-refractivity contribution in [1.82, 2.24) is 0 Å². The third-order valence-electron chi connectivity index (χ3n) is 2.91. The van der Waals surface area contributed by atoms with Gasteiger partial charge >= 0.3 is 0 Å². The highest BCUT2D eigenvalue weighted by Gasteiger charge is 2.17. The molecule has 2 nitrogen and oxygen atoms in total. The zero-order valence-electron chi connectivity index (χ0n) is 9.94. The average molecular weight is 295 g/mol. The Morgan fingerprint density at radius 3 is 2.59 bits per heavy atom. The monoisotopic (exact) mass is 294 g/mol. The Kier molecular flexibility index (Phi) is 3.89. The van der Waals surface area contributed by atoms with E-state index in [9.17, 15) is 0 Å². The molecular weight excluding hydrogens is 280 g/mol. The second-order valence-electron chi connectivity index (χ2n) is 3.88. The Morgan fingerprint density at radius 2 is 1.94 bits per heavy atom. The lowest BCUT2D eigenvalue weighted by Crippen LogP contribution is -2.01. The molecule has 0 spiro atoms. The third-order valence-corrected chi connectivity index (χ3v) is 3.72. The van der Waals surface area contributed by atoms with E-state index in [2.05, 4.69) is 40.2 Å². The Labute approximate surface area is 110 Å². The summed E-state index contributed by atoms with van der Waals surface area (Å²) in [5.74, 6) is 1.92. The van der Waals surface area contributed by atoms with Crippen molar-refractivity contribution >= 4 is 15.9 Å². The maximum atomic E-state index is 5.33. The Morgan fingerprint density at radius 1 is 1.18 bits per heavy atom. The average Bonchev–Trinajstić information content (AvgIpc) is 2.38. The Hall–Kier alpha value is -1.22. The lowest BCUT2D eigenvalue weighted by molar-refractivity contribution is 0.354. The lowest BCUT2D eigenvalue weighted by atomic mass is 9.92. The Bertz CT molecular complexity index is 463. The van der Waals surface area contributed by atoms with Crippen LogP contribution in [0.4, 0.5) is 0 Å². The second kappa shape index (κ2) is 5.41. The second-order valence-corrected chi connectivity index (χ2v) is 4.80. The van der Waals surface area contributed by atoms with Crippen LogP contribution in [0.2, 0.25) is 0 Å². The number of hydrogen-bond donors (Lipinski definition) is 0. The highest BCUT2D eigenvalue weighted by Crippen LogP contribution is 2.38. The maximum absolute atomic E-state index is 5.33. The first-order valence-corrected chi connectivity index (χ1v) is 6.29. The molecule has 1 aliphatic carbocycles. The summed E-state index contributed by atoms with van der Waals surface area (Å²) in [6.45, 7) is 0. The summed E-state index contributed by atoms with van der Waals surface area (Å²) in [6, 6.07) is 6.07. The van der Waals surface area contributed by atoms with Crippen LogP contribution in [0.5, 0.6) is 11.5 Å². The highest BCUT2D eigenvalue weighted by atomic mass is 79.9. The molecule has 0 bridgehead atoms. The molecule has 0 N–H and O–H groups in total. The van der Waals surface area contributed by atoms with Crippen molar-refractivity contribution in [1.29, 1.82) is 0 Å². The first-order chi connectivity index (χ1) is 8.26. The molecule has 1 aromatic carbocycles. The molecule has 90 valence electrons. The van der Waals surface area contributed by atoms with Crippen molar-refractivity contribution < 1.29 is 9.47 Å². The number of hydrogen-bond acceptors (Lipinski definition) is 2. The van der Waals surface area contributed by atoms with Gasteiger partial charge < -0.3 is 9.47 Å². The van der Waals surface area contributed by atoms with E-state index in [1.807, 2.05) is 12.1 Å². The minimum atomic E-state index is 0.375. The van der Waals surface area contributed by atoms with Crippen LogP contribution >= 0.6 is 15.9 Å². The quantitative estimate of drug-likeness (QED) is 0.838. The predicted octanol–water partition coefficient (Wildman–Crippen LogP) is 4.03. The van der Waals surface area contributed by atoms with Gasteiger partial charge in [-0.15, -0.1) is 0 Å². The third kappa shape index (κ3) is 2.55. The van der Waals surface area contributed by atoms with E-state index < -0.39 is 0 Å². The van der Waals surface area contributed by atoms with E-state index in [0.29, 0.717) is 5.92 Å². The molecular formula is C14H15BrO2. The summed E-state index contributed by atoms with van der Waals surface area (Å²) < 4.78 is 11.8. The van der Waals surface area contributed by atoms with E-state index in [4.69, 9.17) is 9.47 Å². The van der Waals surface area contributed by atoms with Gasteiger partial charge in [-0.05, 0) is 24.1 Å².